The Kier molecular flexibility index (Phi) is 2.67. The normalized spacial score (nSPS) is 11.1. The summed E-state index contributed by atoms with van der Waals surface area (Å²) in [6.45, 7) is 6.38. The van der Waals surface area contributed by atoms with Gasteiger partial charge in [-0.15, -0.1) is 11.3 Å². The molecule has 1 aromatic heterocycles. The molecule has 0 atom stereocenters. The molecule has 0 saturated heterocycles. The molecule has 1 heterocycles. The zero-order valence-electron chi connectivity index (χ0n) is 10.8. The van der Waals surface area contributed by atoms with Gasteiger partial charge in [0.2, 0.25) is 0 Å². The van der Waals surface area contributed by atoms with Crippen LogP contribution in [-0.4, -0.2) is 4.98 Å². The molecular formula is C16H15NS. The van der Waals surface area contributed by atoms with Gasteiger partial charge >= 0.3 is 0 Å². The number of fused-ring (bicyclic) bond motifs is 1. The van der Waals surface area contributed by atoms with Crippen LogP contribution < -0.4 is 0 Å². The second-order valence-corrected chi connectivity index (χ2v) is 5.76. The lowest BCUT2D eigenvalue weighted by Crippen LogP contribution is -1.80. The van der Waals surface area contributed by atoms with E-state index >= 15 is 0 Å². The maximum Gasteiger partial charge on any atom is 0.124 e. The second kappa shape index (κ2) is 4.21. The van der Waals surface area contributed by atoms with E-state index in [9.17, 15) is 0 Å². The number of hydrogen-bond acceptors (Lipinski definition) is 2. The minimum absolute atomic E-state index is 1.11. The third kappa shape index (κ3) is 1.83. The molecule has 0 aliphatic heterocycles. The summed E-state index contributed by atoms with van der Waals surface area (Å²) in [6.07, 6.45) is 0. The first-order valence-corrected chi connectivity index (χ1v) is 6.90. The van der Waals surface area contributed by atoms with Crippen molar-refractivity contribution in [3.63, 3.8) is 0 Å². The van der Waals surface area contributed by atoms with Crippen LogP contribution in [0.5, 0.6) is 0 Å². The fraction of sp³-hybridized carbons (Fsp3) is 0.188. The molecule has 3 rings (SSSR count). The van der Waals surface area contributed by atoms with Gasteiger partial charge in [0.15, 0.2) is 0 Å². The minimum Gasteiger partial charge on any atom is -0.236 e. The van der Waals surface area contributed by atoms with Crippen molar-refractivity contribution in [3.8, 4) is 10.6 Å². The second-order valence-electron chi connectivity index (χ2n) is 4.76. The van der Waals surface area contributed by atoms with Gasteiger partial charge in [0.1, 0.15) is 5.01 Å². The fourth-order valence-electron chi connectivity index (χ4n) is 2.08. The molecule has 0 aliphatic carbocycles. The van der Waals surface area contributed by atoms with E-state index in [4.69, 9.17) is 4.98 Å². The molecule has 0 N–H and O–H groups in total. The van der Waals surface area contributed by atoms with Crippen molar-refractivity contribution in [2.45, 2.75) is 20.8 Å². The third-order valence-corrected chi connectivity index (χ3v) is 4.48. The number of hydrogen-bond donors (Lipinski definition) is 0. The molecule has 3 aromatic rings. The summed E-state index contributed by atoms with van der Waals surface area (Å²) in [5, 5.41) is 1.11. The van der Waals surface area contributed by atoms with Gasteiger partial charge in [-0.1, -0.05) is 42.0 Å². The Morgan fingerprint density at radius 2 is 1.50 bits per heavy atom. The van der Waals surface area contributed by atoms with Crippen LogP contribution >= 0.6 is 11.3 Å². The van der Waals surface area contributed by atoms with Gasteiger partial charge in [0.25, 0.3) is 0 Å². The van der Waals surface area contributed by atoms with E-state index in [0.29, 0.717) is 0 Å². The highest BCUT2D eigenvalue weighted by atomic mass is 32.1. The van der Waals surface area contributed by atoms with Crippen molar-refractivity contribution < 1.29 is 0 Å². The van der Waals surface area contributed by atoms with Crippen molar-refractivity contribution in [2.24, 2.45) is 0 Å². The first-order chi connectivity index (χ1) is 8.65. The largest absolute Gasteiger partial charge is 0.236 e. The molecule has 18 heavy (non-hydrogen) atoms. The maximum absolute atomic E-state index is 4.79. The molecule has 90 valence electrons. The summed E-state index contributed by atoms with van der Waals surface area (Å²) in [7, 11) is 0. The minimum atomic E-state index is 1.11. The van der Waals surface area contributed by atoms with Crippen LogP contribution in [0.3, 0.4) is 0 Å². The van der Waals surface area contributed by atoms with Gasteiger partial charge in [-0.25, -0.2) is 4.98 Å². The highest BCUT2D eigenvalue weighted by Gasteiger charge is 2.09. The van der Waals surface area contributed by atoms with Crippen molar-refractivity contribution >= 4 is 21.6 Å². The van der Waals surface area contributed by atoms with Crippen molar-refractivity contribution in [1.82, 2.24) is 4.98 Å². The lowest BCUT2D eigenvalue weighted by atomic mass is 10.1. The Bertz CT molecular complexity index is 669. The van der Waals surface area contributed by atoms with Gasteiger partial charge in [-0.3, -0.25) is 0 Å². The Morgan fingerprint density at radius 3 is 2.17 bits per heavy atom. The number of benzene rings is 2. The van der Waals surface area contributed by atoms with Gasteiger partial charge in [-0.2, -0.15) is 0 Å². The van der Waals surface area contributed by atoms with Crippen molar-refractivity contribution in [2.75, 3.05) is 0 Å². The van der Waals surface area contributed by atoms with Crippen LogP contribution in [0, 0.1) is 20.8 Å². The van der Waals surface area contributed by atoms with E-state index in [-0.39, 0.29) is 0 Å². The van der Waals surface area contributed by atoms with E-state index in [1.54, 1.807) is 11.3 Å². The number of rotatable bonds is 1. The highest BCUT2D eigenvalue weighted by Crippen LogP contribution is 2.33. The van der Waals surface area contributed by atoms with E-state index in [1.165, 1.54) is 27.0 Å². The average Bonchev–Trinajstić information content (AvgIpc) is 2.81. The van der Waals surface area contributed by atoms with Gasteiger partial charge in [-0.05, 0) is 31.9 Å². The SMILES string of the molecule is Cc1ccc(-c2nc3c(C)ccc(C)c3s2)cc1. The number of nitrogens with zero attached hydrogens (tertiary/aromatic N) is 1. The lowest BCUT2D eigenvalue weighted by Gasteiger charge is -1.96. The molecule has 0 unspecified atom stereocenters. The summed E-state index contributed by atoms with van der Waals surface area (Å²) in [5.41, 5.74) is 6.21. The van der Waals surface area contributed by atoms with Crippen LogP contribution in [0.4, 0.5) is 0 Å². The maximum atomic E-state index is 4.79. The smallest absolute Gasteiger partial charge is 0.124 e. The van der Waals surface area contributed by atoms with E-state index in [0.717, 1.165) is 10.5 Å². The molecule has 2 heteroatoms. The molecule has 2 aromatic carbocycles. The first kappa shape index (κ1) is 11.4. The number of aromatic nitrogens is 1. The predicted octanol–water partition coefficient (Wildman–Crippen LogP) is 4.89. The predicted molar refractivity (Wildman–Crippen MR) is 79.3 cm³/mol. The number of thiazole rings is 1. The molecule has 0 aliphatic rings. The summed E-state index contributed by atoms with van der Waals surface area (Å²) in [6, 6.07) is 12.9. The first-order valence-electron chi connectivity index (χ1n) is 6.09. The quantitative estimate of drug-likeness (QED) is 0.601. The van der Waals surface area contributed by atoms with Crippen LogP contribution in [0.15, 0.2) is 36.4 Å². The summed E-state index contributed by atoms with van der Waals surface area (Å²) in [5.74, 6) is 0. The molecule has 0 spiro atoms. The van der Waals surface area contributed by atoms with Gasteiger partial charge in [0, 0.05) is 5.56 Å². The Labute approximate surface area is 111 Å². The van der Waals surface area contributed by atoms with E-state index < -0.39 is 0 Å². The highest BCUT2D eigenvalue weighted by molar-refractivity contribution is 7.21. The summed E-state index contributed by atoms with van der Waals surface area (Å²) in [4.78, 5) is 4.79. The number of aryl methyl sites for hydroxylation is 3. The van der Waals surface area contributed by atoms with E-state index in [1.807, 2.05) is 0 Å². The molecule has 0 bridgehead atoms. The Hall–Kier alpha value is -1.67. The zero-order chi connectivity index (χ0) is 12.7. The van der Waals surface area contributed by atoms with Gasteiger partial charge in [0.05, 0.1) is 10.2 Å². The van der Waals surface area contributed by atoms with Crippen LogP contribution in [0.25, 0.3) is 20.8 Å². The van der Waals surface area contributed by atoms with Gasteiger partial charge < -0.3 is 0 Å². The average molecular weight is 253 g/mol. The molecule has 0 radical (unpaired) electrons. The summed E-state index contributed by atoms with van der Waals surface area (Å²) >= 11 is 1.79. The standard InChI is InChI=1S/C16H15NS/c1-10-4-8-13(9-5-10)16-17-14-11(2)6-7-12(3)15(14)18-16/h4-9H,1-3H3. The monoisotopic (exact) mass is 253 g/mol. The molecule has 0 fully saturated rings. The molecule has 1 nitrogen and oxygen atoms in total. The summed E-state index contributed by atoms with van der Waals surface area (Å²) < 4.78 is 1.31. The van der Waals surface area contributed by atoms with Crippen LogP contribution in [0.1, 0.15) is 16.7 Å². The molecular weight excluding hydrogens is 238 g/mol. The molecule has 0 amide bonds. The van der Waals surface area contributed by atoms with Crippen LogP contribution in [-0.2, 0) is 0 Å². The lowest BCUT2D eigenvalue weighted by molar-refractivity contribution is 1.39. The Balaban J connectivity index is 2.22. The van der Waals surface area contributed by atoms with Crippen LogP contribution in [0.2, 0.25) is 0 Å². The topological polar surface area (TPSA) is 12.9 Å². The Morgan fingerprint density at radius 1 is 0.833 bits per heavy atom. The van der Waals surface area contributed by atoms with Crippen molar-refractivity contribution in [3.05, 3.63) is 53.1 Å². The van der Waals surface area contributed by atoms with E-state index in [2.05, 4.69) is 57.2 Å². The fourth-order valence-corrected chi connectivity index (χ4v) is 3.20. The zero-order valence-corrected chi connectivity index (χ0v) is 11.6. The third-order valence-electron chi connectivity index (χ3n) is 3.24. The van der Waals surface area contributed by atoms with Crippen molar-refractivity contribution in [1.29, 1.82) is 0 Å². The molecule has 0 saturated carbocycles.